The average molecular weight is 254 g/mol. The topological polar surface area (TPSA) is 92.4 Å². The first kappa shape index (κ1) is 14.0. The minimum absolute atomic E-state index is 0.00948. The van der Waals surface area contributed by atoms with Crippen LogP contribution in [0, 0.1) is 11.7 Å². The Morgan fingerprint density at radius 3 is 2.72 bits per heavy atom. The molecule has 0 aliphatic rings. The molecule has 18 heavy (non-hydrogen) atoms. The Morgan fingerprint density at radius 1 is 1.50 bits per heavy atom. The predicted octanol–water partition coefficient (Wildman–Crippen LogP) is 1.25. The van der Waals surface area contributed by atoms with Crippen molar-refractivity contribution in [3.63, 3.8) is 0 Å². The molecule has 1 amide bonds. The Bertz CT molecular complexity index is 463. The van der Waals surface area contributed by atoms with Gasteiger partial charge < -0.3 is 16.2 Å². The van der Waals surface area contributed by atoms with Crippen LogP contribution in [0.15, 0.2) is 18.2 Å². The van der Waals surface area contributed by atoms with E-state index >= 15 is 0 Å². The van der Waals surface area contributed by atoms with E-state index in [2.05, 4.69) is 5.32 Å². The number of carboxylic acid groups (broad SMARTS) is 1. The van der Waals surface area contributed by atoms with Crippen LogP contribution in [0.5, 0.6) is 0 Å². The van der Waals surface area contributed by atoms with E-state index in [1.54, 1.807) is 6.92 Å². The molecule has 1 aromatic rings. The number of hydrogen-bond donors (Lipinski definition) is 3. The Kier molecular flexibility index (Phi) is 4.65. The Hall–Kier alpha value is -2.11. The van der Waals surface area contributed by atoms with E-state index in [-0.39, 0.29) is 17.8 Å². The fraction of sp³-hybridized carbons (Fsp3) is 0.333. The first-order valence-electron chi connectivity index (χ1n) is 5.51. The molecular formula is C12H15FN2O3. The van der Waals surface area contributed by atoms with Crippen LogP contribution in [-0.4, -0.2) is 23.5 Å². The molecule has 1 rings (SSSR count). The van der Waals surface area contributed by atoms with Crippen LogP contribution >= 0.6 is 0 Å². The van der Waals surface area contributed by atoms with Crippen molar-refractivity contribution < 1.29 is 19.1 Å². The van der Waals surface area contributed by atoms with Gasteiger partial charge in [0.25, 0.3) is 5.91 Å². The number of aliphatic carboxylic acids is 1. The minimum Gasteiger partial charge on any atom is -0.481 e. The highest BCUT2D eigenvalue weighted by Gasteiger charge is 2.17. The normalized spacial score (nSPS) is 11.9. The van der Waals surface area contributed by atoms with E-state index < -0.39 is 23.6 Å². The van der Waals surface area contributed by atoms with Gasteiger partial charge in [0.2, 0.25) is 0 Å². The molecule has 4 N–H and O–H groups in total. The van der Waals surface area contributed by atoms with Crippen molar-refractivity contribution in [2.75, 3.05) is 12.3 Å². The van der Waals surface area contributed by atoms with Crippen molar-refractivity contribution >= 4 is 17.6 Å². The number of carbonyl (C=O) groups is 2. The molecule has 1 aromatic carbocycles. The predicted molar refractivity (Wildman–Crippen MR) is 64.6 cm³/mol. The highest BCUT2D eigenvalue weighted by Crippen LogP contribution is 2.13. The third-order valence-corrected chi connectivity index (χ3v) is 2.61. The molecule has 5 nitrogen and oxygen atoms in total. The average Bonchev–Trinajstić information content (AvgIpc) is 2.32. The van der Waals surface area contributed by atoms with Crippen LogP contribution in [0.4, 0.5) is 10.1 Å². The summed E-state index contributed by atoms with van der Waals surface area (Å²) in [5.41, 5.74) is 5.70. The Morgan fingerprint density at radius 2 is 2.17 bits per heavy atom. The minimum atomic E-state index is -0.981. The molecule has 0 fully saturated rings. The number of nitrogen functional groups attached to an aromatic ring is 1. The Balaban J connectivity index is 2.71. The molecule has 98 valence electrons. The maximum atomic E-state index is 13.0. The van der Waals surface area contributed by atoms with Crippen molar-refractivity contribution in [3.05, 3.63) is 29.6 Å². The number of halogens is 1. The molecule has 0 saturated carbocycles. The summed E-state index contributed by atoms with van der Waals surface area (Å²) in [6, 6.07) is 3.46. The summed E-state index contributed by atoms with van der Waals surface area (Å²) < 4.78 is 13.0. The zero-order valence-electron chi connectivity index (χ0n) is 9.94. The second-order valence-corrected chi connectivity index (χ2v) is 3.89. The fourth-order valence-electron chi connectivity index (χ4n) is 1.44. The standard InChI is InChI=1S/C12H15FN2O3/c1-2-7(12(17)18)6-15-11(16)9-5-8(13)3-4-10(9)14/h3-5,7H,2,6,14H2,1H3,(H,15,16)(H,17,18). The molecule has 0 radical (unpaired) electrons. The zero-order valence-corrected chi connectivity index (χ0v) is 9.94. The van der Waals surface area contributed by atoms with Crippen LogP contribution in [0.3, 0.4) is 0 Å². The highest BCUT2D eigenvalue weighted by molar-refractivity contribution is 5.99. The quantitative estimate of drug-likeness (QED) is 0.689. The SMILES string of the molecule is CCC(CNC(=O)c1cc(F)ccc1N)C(=O)O. The second kappa shape index (κ2) is 6.00. The third-order valence-electron chi connectivity index (χ3n) is 2.61. The maximum absolute atomic E-state index is 13.0. The third kappa shape index (κ3) is 3.44. The van der Waals surface area contributed by atoms with Crippen LogP contribution in [0.2, 0.25) is 0 Å². The largest absolute Gasteiger partial charge is 0.481 e. The monoisotopic (exact) mass is 254 g/mol. The van der Waals surface area contributed by atoms with E-state index in [9.17, 15) is 14.0 Å². The number of carboxylic acids is 1. The molecule has 0 aliphatic heterocycles. The number of nitrogens with two attached hydrogens (primary N) is 1. The van der Waals surface area contributed by atoms with Crippen molar-refractivity contribution in [1.29, 1.82) is 0 Å². The van der Waals surface area contributed by atoms with E-state index in [0.29, 0.717) is 6.42 Å². The first-order valence-corrected chi connectivity index (χ1v) is 5.51. The van der Waals surface area contributed by atoms with Crippen molar-refractivity contribution in [3.8, 4) is 0 Å². The van der Waals surface area contributed by atoms with Gasteiger partial charge in [0.1, 0.15) is 5.82 Å². The lowest BCUT2D eigenvalue weighted by atomic mass is 10.1. The molecule has 0 aliphatic carbocycles. The first-order chi connectivity index (χ1) is 8.45. The molecule has 6 heteroatoms. The summed E-state index contributed by atoms with van der Waals surface area (Å²) in [5.74, 6) is -2.79. The summed E-state index contributed by atoms with van der Waals surface area (Å²) in [4.78, 5) is 22.5. The highest BCUT2D eigenvalue weighted by atomic mass is 19.1. The van der Waals surface area contributed by atoms with E-state index in [0.717, 1.165) is 12.1 Å². The molecule has 0 bridgehead atoms. The number of amides is 1. The fourth-order valence-corrected chi connectivity index (χ4v) is 1.44. The van der Waals surface area contributed by atoms with Gasteiger partial charge in [0, 0.05) is 12.2 Å². The number of rotatable bonds is 5. The summed E-state index contributed by atoms with van der Waals surface area (Å²) in [7, 11) is 0. The van der Waals surface area contributed by atoms with Gasteiger partial charge in [0.05, 0.1) is 11.5 Å². The van der Waals surface area contributed by atoms with Crippen LogP contribution in [-0.2, 0) is 4.79 Å². The molecule has 0 spiro atoms. The lowest BCUT2D eigenvalue weighted by molar-refractivity contribution is -0.141. The van der Waals surface area contributed by atoms with Crippen molar-refractivity contribution in [2.45, 2.75) is 13.3 Å². The molecule has 1 atom stereocenters. The number of nitrogens with one attached hydrogen (secondary N) is 1. The molecule has 0 aromatic heterocycles. The summed E-state index contributed by atoms with van der Waals surface area (Å²) >= 11 is 0. The summed E-state index contributed by atoms with van der Waals surface area (Å²) in [6.07, 6.45) is 0.397. The number of anilines is 1. The number of hydrogen-bond acceptors (Lipinski definition) is 3. The van der Waals surface area contributed by atoms with Crippen LogP contribution in [0.25, 0.3) is 0 Å². The lowest BCUT2D eigenvalue weighted by Gasteiger charge is -2.12. The lowest BCUT2D eigenvalue weighted by Crippen LogP contribution is -2.33. The van der Waals surface area contributed by atoms with Gasteiger partial charge in [-0.25, -0.2) is 4.39 Å². The van der Waals surface area contributed by atoms with Gasteiger partial charge in [-0.2, -0.15) is 0 Å². The second-order valence-electron chi connectivity index (χ2n) is 3.89. The Labute approximate surface area is 104 Å². The summed E-state index contributed by atoms with van der Waals surface area (Å²) in [5, 5.41) is 11.3. The maximum Gasteiger partial charge on any atom is 0.308 e. The van der Waals surface area contributed by atoms with Gasteiger partial charge in [-0.15, -0.1) is 0 Å². The van der Waals surface area contributed by atoms with Crippen LogP contribution in [0.1, 0.15) is 23.7 Å². The molecule has 0 heterocycles. The van der Waals surface area contributed by atoms with Gasteiger partial charge in [0.15, 0.2) is 0 Å². The van der Waals surface area contributed by atoms with Gasteiger partial charge in [-0.1, -0.05) is 6.92 Å². The molecule has 0 saturated heterocycles. The van der Waals surface area contributed by atoms with Crippen molar-refractivity contribution in [1.82, 2.24) is 5.32 Å². The number of carbonyl (C=O) groups excluding carboxylic acids is 1. The van der Waals surface area contributed by atoms with Gasteiger partial charge in [-0.05, 0) is 24.6 Å². The van der Waals surface area contributed by atoms with E-state index in [1.165, 1.54) is 6.07 Å². The number of benzene rings is 1. The van der Waals surface area contributed by atoms with E-state index in [1.807, 2.05) is 0 Å². The summed E-state index contributed by atoms with van der Waals surface area (Å²) in [6.45, 7) is 1.70. The van der Waals surface area contributed by atoms with Crippen LogP contribution < -0.4 is 11.1 Å². The molecular weight excluding hydrogens is 239 g/mol. The van der Waals surface area contributed by atoms with Gasteiger partial charge >= 0.3 is 5.97 Å². The zero-order chi connectivity index (χ0) is 13.7. The van der Waals surface area contributed by atoms with E-state index in [4.69, 9.17) is 10.8 Å². The molecule has 1 unspecified atom stereocenters. The van der Waals surface area contributed by atoms with Crippen molar-refractivity contribution in [2.24, 2.45) is 5.92 Å². The van der Waals surface area contributed by atoms with Gasteiger partial charge in [-0.3, -0.25) is 9.59 Å². The smallest absolute Gasteiger partial charge is 0.308 e.